The quantitative estimate of drug-likeness (QED) is 0.127. The van der Waals surface area contributed by atoms with E-state index in [0.717, 1.165) is 55.6 Å². The van der Waals surface area contributed by atoms with Crippen molar-refractivity contribution < 1.29 is 32.7 Å². The van der Waals surface area contributed by atoms with Crippen LogP contribution in [0.25, 0.3) is 72.4 Å². The number of imidazole rings is 1. The maximum absolute atomic E-state index is 7.74. The number of furan rings is 1. The van der Waals surface area contributed by atoms with E-state index in [2.05, 4.69) is 61.1 Å². The van der Waals surface area contributed by atoms with Crippen molar-refractivity contribution in [2.24, 2.45) is 0 Å². The molecule has 6 nitrogen and oxygen atoms in total. The van der Waals surface area contributed by atoms with E-state index < -0.39 is 20.1 Å². The Morgan fingerprint density at radius 1 is 0.852 bits per heavy atom. The molecule has 54 heavy (non-hydrogen) atoms. The molecule has 9 rings (SSSR count). The minimum atomic E-state index is -2.17. The normalized spacial score (nSPS) is 13.2. The van der Waals surface area contributed by atoms with Gasteiger partial charge in [-0.3, -0.25) is 15.0 Å². The van der Waals surface area contributed by atoms with E-state index in [1.165, 1.54) is 4.40 Å². The van der Waals surface area contributed by atoms with Crippen molar-refractivity contribution in [2.75, 3.05) is 0 Å². The summed E-state index contributed by atoms with van der Waals surface area (Å²) < 4.78 is 55.9. The second kappa shape index (κ2) is 15.3. The number of para-hydroxylation sites is 2. The summed E-state index contributed by atoms with van der Waals surface area (Å²) in [6, 6.07) is 34.7. The second-order valence-electron chi connectivity index (χ2n) is 14.0. The van der Waals surface area contributed by atoms with Crippen molar-refractivity contribution in [1.82, 2.24) is 24.5 Å². The molecule has 0 spiro atoms. The number of nitrogens with zero attached hydrogens (tertiary/aromatic N) is 5. The minimum absolute atomic E-state index is 0. The van der Waals surface area contributed by atoms with Gasteiger partial charge in [0, 0.05) is 52.9 Å². The zero-order valence-electron chi connectivity index (χ0n) is 36.4. The van der Waals surface area contributed by atoms with Gasteiger partial charge in [0.15, 0.2) is 0 Å². The van der Waals surface area contributed by atoms with Gasteiger partial charge in [-0.15, -0.1) is 12.1 Å². The predicted molar refractivity (Wildman–Crippen MR) is 219 cm³/mol. The molecular formula is C46H39GeIrN5O-2. The predicted octanol–water partition coefficient (Wildman–Crippen LogP) is 10.9. The van der Waals surface area contributed by atoms with Crippen LogP contribution < -0.4 is 4.40 Å². The molecule has 0 saturated heterocycles. The Balaban J connectivity index is 0.000000230. The van der Waals surface area contributed by atoms with Gasteiger partial charge in [0.05, 0.1) is 28.6 Å². The first-order chi connectivity index (χ1) is 28.1. The van der Waals surface area contributed by atoms with Crippen molar-refractivity contribution in [3.05, 3.63) is 157 Å². The van der Waals surface area contributed by atoms with Crippen LogP contribution in [0.4, 0.5) is 0 Å². The fourth-order valence-electron chi connectivity index (χ4n) is 6.53. The average molecular weight is 949 g/mol. The molecule has 9 aromatic rings. The van der Waals surface area contributed by atoms with Crippen molar-refractivity contribution in [2.45, 2.75) is 38.0 Å². The zero-order chi connectivity index (χ0) is 41.8. The number of pyridine rings is 3. The third-order valence-corrected chi connectivity index (χ3v) is 13.4. The second-order valence-corrected chi connectivity index (χ2v) is 24.6. The Labute approximate surface area is 340 Å². The van der Waals surface area contributed by atoms with Gasteiger partial charge in [-0.25, -0.2) is 0 Å². The van der Waals surface area contributed by atoms with Crippen LogP contribution in [0.5, 0.6) is 0 Å². The van der Waals surface area contributed by atoms with E-state index in [0.29, 0.717) is 33.8 Å². The molecular weight excluding hydrogens is 903 g/mol. The number of fused-ring (bicyclic) bond motifs is 4. The summed E-state index contributed by atoms with van der Waals surface area (Å²) >= 11 is -1.86. The largest absolute Gasteiger partial charge is 0 e. The van der Waals surface area contributed by atoms with Gasteiger partial charge < -0.3 is 8.98 Å². The first-order valence-electron chi connectivity index (χ1n) is 20.3. The van der Waals surface area contributed by atoms with Crippen LogP contribution in [0.15, 0.2) is 132 Å². The van der Waals surface area contributed by atoms with Crippen LogP contribution in [0.3, 0.4) is 0 Å². The van der Waals surface area contributed by atoms with Gasteiger partial charge in [-0.2, -0.15) is 0 Å². The smallest absolute Gasteiger partial charge is 0 e. The Hall–Kier alpha value is -5.21. The number of hydrogen-bond acceptors (Lipinski definition) is 5. The van der Waals surface area contributed by atoms with Crippen LogP contribution in [0.1, 0.15) is 25.2 Å². The summed E-state index contributed by atoms with van der Waals surface area (Å²) in [6.45, 7) is 1.80. The molecule has 269 valence electrons. The molecule has 0 amide bonds. The molecule has 8 heteroatoms. The van der Waals surface area contributed by atoms with E-state index in [4.69, 9.17) is 17.6 Å². The molecule has 0 aliphatic heterocycles. The summed E-state index contributed by atoms with van der Waals surface area (Å²) in [6.07, 6.45) is 5.34. The van der Waals surface area contributed by atoms with Crippen LogP contribution >= 0.6 is 0 Å². The summed E-state index contributed by atoms with van der Waals surface area (Å²) in [5.41, 5.74) is 9.98. The Morgan fingerprint density at radius 2 is 1.65 bits per heavy atom. The Kier molecular flexibility index (Phi) is 8.53. The molecule has 5 aromatic heterocycles. The van der Waals surface area contributed by atoms with E-state index in [-0.39, 0.29) is 38.2 Å². The van der Waals surface area contributed by atoms with Crippen molar-refractivity contribution in [3.8, 4) is 39.5 Å². The van der Waals surface area contributed by atoms with Crippen molar-refractivity contribution in [1.29, 1.82) is 0 Å². The molecule has 0 saturated carbocycles. The van der Waals surface area contributed by atoms with E-state index in [9.17, 15) is 0 Å². The standard InChI is InChI=1S/C32H23N4O.C14H16GeN.Ir/c1-19-8-10-22(11-9-19)24-12-13-26(31-30(24)25-14-15-33-18-29(25)37-31)32-35-27-6-4-5-7-28(27)36(32)23-16-20(2)34-21(3)17-23;1-15(2,3)13-9-10-14(16-11-13)12-7-5-4-6-8-12;/h4-12,14-18H,1-3H3;4-7,9-11H,1-3H3;/q2*-1;/i1D3;4D,5D,6D;. The fraction of sp³-hybridized carbons (Fsp3) is 0.130. The third kappa shape index (κ3) is 7.32. The van der Waals surface area contributed by atoms with Crippen LogP contribution in [0.2, 0.25) is 17.3 Å². The van der Waals surface area contributed by atoms with Gasteiger partial charge in [0.25, 0.3) is 0 Å². The molecule has 0 unspecified atom stereocenters. The van der Waals surface area contributed by atoms with Crippen LogP contribution in [-0.4, -0.2) is 37.8 Å². The number of rotatable bonds is 5. The SMILES string of the molecule is [2H]C([2H])([2H])c1ccc(-c2c[c-]c(-c3nc4ccccc4n3-c3cc(C)nc(C)c3)c3oc4cnccc4c23)cc1.[2H]c1[c-]c(-c2cc[c]([Ge]([CH3])([CH3])[CH3])cn2)cc([2H])c1[2H].[Ir]. The van der Waals surface area contributed by atoms with Crippen molar-refractivity contribution in [3.63, 3.8) is 0 Å². The number of aryl methyl sites for hydroxylation is 3. The molecule has 0 aliphatic rings. The van der Waals surface area contributed by atoms with Gasteiger partial charge in [-0.1, -0.05) is 58.7 Å². The minimum Gasteiger partial charge on any atom is 0 e. The maximum Gasteiger partial charge on any atom is 0 e. The Bertz CT molecular complexity index is 2990. The van der Waals surface area contributed by atoms with Gasteiger partial charge >= 0.3 is 104 Å². The maximum atomic E-state index is 7.74. The van der Waals surface area contributed by atoms with E-state index in [1.807, 2.05) is 80.7 Å². The number of benzene rings is 4. The molecule has 0 atom stereocenters. The molecule has 0 aliphatic carbocycles. The first kappa shape index (κ1) is 30.2. The summed E-state index contributed by atoms with van der Waals surface area (Å²) in [4.78, 5) is 18.3. The molecule has 0 fully saturated rings. The third-order valence-electron chi connectivity index (χ3n) is 9.11. The van der Waals surface area contributed by atoms with E-state index in [1.54, 1.807) is 30.6 Å². The Morgan fingerprint density at radius 3 is 2.37 bits per heavy atom. The molecule has 5 heterocycles. The van der Waals surface area contributed by atoms with Crippen LogP contribution in [0, 0.1) is 32.8 Å². The summed E-state index contributed by atoms with van der Waals surface area (Å²) in [5.74, 6) is 7.62. The number of hydrogen-bond donors (Lipinski definition) is 0. The average Bonchev–Trinajstić information content (AvgIpc) is 3.78. The first-order valence-corrected chi connectivity index (χ1v) is 24.6. The fourth-order valence-corrected chi connectivity index (χ4v) is 8.70. The molecule has 1 radical (unpaired) electrons. The molecule has 4 aromatic carbocycles. The summed E-state index contributed by atoms with van der Waals surface area (Å²) in [5, 5.41) is 1.81. The van der Waals surface area contributed by atoms with Crippen LogP contribution in [-0.2, 0) is 20.1 Å². The van der Waals surface area contributed by atoms with E-state index >= 15 is 0 Å². The van der Waals surface area contributed by atoms with Crippen molar-refractivity contribution >= 4 is 50.6 Å². The molecule has 0 N–H and O–H groups in total. The summed E-state index contributed by atoms with van der Waals surface area (Å²) in [7, 11) is 0. The van der Waals surface area contributed by atoms with Gasteiger partial charge in [0.1, 0.15) is 5.58 Å². The molecule has 0 bridgehead atoms. The van der Waals surface area contributed by atoms with Gasteiger partial charge in [0.2, 0.25) is 0 Å². The van der Waals surface area contributed by atoms with Gasteiger partial charge in [-0.05, 0) is 56.4 Å². The monoisotopic (exact) mass is 950 g/mol. The number of aromatic nitrogens is 5. The zero-order valence-corrected chi connectivity index (χ0v) is 34.9. The topological polar surface area (TPSA) is 69.6 Å².